The van der Waals surface area contributed by atoms with Crippen molar-refractivity contribution in [2.75, 3.05) is 47.9 Å². The number of carbonyl (C=O) groups excluding carboxylic acids is 3. The summed E-state index contributed by atoms with van der Waals surface area (Å²) in [5.41, 5.74) is 10.9. The lowest BCUT2D eigenvalue weighted by molar-refractivity contribution is -0.899. The van der Waals surface area contributed by atoms with E-state index in [2.05, 4.69) is 69.1 Å². The number of carbonyl (C=O) groups is 3. The van der Waals surface area contributed by atoms with Crippen LogP contribution in [-0.2, 0) is 49.9 Å². The van der Waals surface area contributed by atoms with Gasteiger partial charge in [0.15, 0.2) is 35.7 Å². The van der Waals surface area contributed by atoms with E-state index in [1.807, 2.05) is 14.1 Å². The van der Waals surface area contributed by atoms with E-state index in [1.54, 1.807) is 0 Å². The number of piperidine rings is 3. The molecule has 12 aliphatic rings. The molecule has 0 radical (unpaired) electrons. The summed E-state index contributed by atoms with van der Waals surface area (Å²) < 4.78 is 18.4. The van der Waals surface area contributed by atoms with E-state index >= 15 is 0 Å². The molecule has 1 N–H and O–H groups in total. The number of aliphatic hydroxyl groups is 1. The normalized spacial score (nSPS) is 41.2. The molecule has 3 aromatic rings. The molecular weight excluding hydrogens is 859 g/mol. The molecule has 12 heteroatoms. The highest BCUT2D eigenvalue weighted by atomic mass is 16.6. The number of likely N-dealkylation sites (N-methyl/N-ethyl adjacent to an activating group) is 3. The highest BCUT2D eigenvalue weighted by molar-refractivity contribution is 5.90. The van der Waals surface area contributed by atoms with Crippen LogP contribution in [0.1, 0.15) is 115 Å². The number of hydroxylamine groups is 6. The molecule has 3 saturated heterocycles. The van der Waals surface area contributed by atoms with Gasteiger partial charge in [-0.1, -0.05) is 43.8 Å². The number of ether oxygens (including phenoxy) is 3. The topological polar surface area (TPSA) is 148 Å². The minimum Gasteiger partial charge on any atom is -0.633 e. The zero-order valence-corrected chi connectivity index (χ0v) is 40.3. The largest absolute Gasteiger partial charge is 0.633 e. The quantitative estimate of drug-likeness (QED) is 0.185. The molecule has 3 aromatic carbocycles. The van der Waals surface area contributed by atoms with E-state index in [-0.39, 0.29) is 74.9 Å². The Morgan fingerprint density at radius 2 is 0.926 bits per heavy atom. The van der Waals surface area contributed by atoms with Crippen molar-refractivity contribution in [2.45, 2.75) is 158 Å². The second-order valence-electron chi connectivity index (χ2n) is 23.0. The van der Waals surface area contributed by atoms with Gasteiger partial charge < -0.3 is 43.9 Å². The van der Waals surface area contributed by atoms with E-state index in [9.17, 15) is 24.8 Å². The van der Waals surface area contributed by atoms with E-state index in [0.717, 1.165) is 99.8 Å². The number of likely N-dealkylation sites (tertiary alicyclic amines) is 3. The Morgan fingerprint density at radius 1 is 0.574 bits per heavy atom. The van der Waals surface area contributed by atoms with Crippen molar-refractivity contribution in [3.63, 3.8) is 0 Å². The summed E-state index contributed by atoms with van der Waals surface area (Å²) in [7, 11) is 6.89. The number of aliphatic hydroxyl groups excluding tert-OH is 1. The summed E-state index contributed by atoms with van der Waals surface area (Å²) in [4.78, 5) is 40.3. The minimum atomic E-state index is -0.343. The molecule has 15 rings (SSSR count). The standard InChI is InChI=1S/2C18H21NO3.C18H21NO2.CH4O.CH4/c2*1-10-3-4-11-9-13-12-5-6-14(20)17-18(12,7-8-19(13,2)21)15(11)16(10)22-17;1-10-3-4-11-9-13-12-5-6-14(20)17-18(12,7-8-19(13)2)15(11)16(10)21-17;1-2;/h2*3-4,12-13,17H,5-9H2,1-2H3;3-4,12-13,17H,5-9H2,1-2H3;2H,1H3;1H4/t12-,13?,17-,18-,19+;12-,13?,17-,18-,19-;12-,13?,17-,18-;;/m111../s1. The van der Waals surface area contributed by atoms with Crippen molar-refractivity contribution < 1.29 is 43.0 Å². The van der Waals surface area contributed by atoms with Crippen LogP contribution in [0.4, 0.5) is 0 Å². The Morgan fingerprint density at radius 3 is 1.32 bits per heavy atom. The van der Waals surface area contributed by atoms with Crippen molar-refractivity contribution in [3.05, 3.63) is 96.9 Å². The molecule has 6 aliphatic heterocycles. The van der Waals surface area contributed by atoms with E-state index in [1.165, 1.54) is 38.9 Å². The van der Waals surface area contributed by atoms with Gasteiger partial charge >= 0.3 is 0 Å². The van der Waals surface area contributed by atoms with Gasteiger partial charge in [-0.2, -0.15) is 0 Å². The molecule has 6 fully saturated rings. The van der Waals surface area contributed by atoms with Crippen LogP contribution in [0.5, 0.6) is 17.2 Å². The highest BCUT2D eigenvalue weighted by Crippen LogP contribution is 2.65. The first kappa shape index (κ1) is 46.2. The molecule has 3 spiro atoms. The number of aryl methyl sites for hydroxylation is 3. The predicted molar refractivity (Wildman–Crippen MR) is 258 cm³/mol. The zero-order valence-electron chi connectivity index (χ0n) is 40.3. The number of hydrogen-bond donors (Lipinski definition) is 1. The SMILES string of the molecule is C.CO.Cc1ccc2c3c1O[C@@H]1C(=O)CC[C@@H]4C(C2)N(C)CC[C@@]314.Cc1ccc2c3c1O[C@@H]1C(=O)CC[C@@H]4C(C2)[N@+](C)([O-])CC[C@@]314.Cc1ccc2c3c1O[C@@H]1C(=O)CC[C@@H]4C(C2)[N@@+](C)([O-])CC[C@@]314. The minimum absolute atomic E-state index is 0. The Hall–Kier alpha value is -4.17. The maximum absolute atomic E-state index is 13.0. The molecule has 6 heterocycles. The van der Waals surface area contributed by atoms with Crippen LogP contribution in [0.25, 0.3) is 0 Å². The van der Waals surface area contributed by atoms with Gasteiger partial charge in [0.25, 0.3) is 0 Å². The van der Waals surface area contributed by atoms with E-state index in [0.29, 0.717) is 61.9 Å². The summed E-state index contributed by atoms with van der Waals surface area (Å²) >= 11 is 0. The summed E-state index contributed by atoms with van der Waals surface area (Å²) in [6.45, 7) is 8.52. The van der Waals surface area contributed by atoms with Crippen molar-refractivity contribution in [1.29, 1.82) is 0 Å². The fourth-order valence-corrected chi connectivity index (χ4v) is 17.3. The summed E-state index contributed by atoms with van der Waals surface area (Å²) in [6.07, 6.45) is 9.12. The van der Waals surface area contributed by atoms with Crippen LogP contribution < -0.4 is 14.2 Å². The fourth-order valence-electron chi connectivity index (χ4n) is 17.3. The summed E-state index contributed by atoms with van der Waals surface area (Å²) in [5.74, 6) is 4.92. The van der Waals surface area contributed by atoms with Crippen LogP contribution in [0, 0.1) is 48.9 Å². The van der Waals surface area contributed by atoms with Gasteiger partial charge in [-0.3, -0.25) is 14.4 Å². The third-order valence-electron chi connectivity index (χ3n) is 20.3. The lowest BCUT2D eigenvalue weighted by atomic mass is 9.51. The third kappa shape index (κ3) is 5.73. The average molecular weight is 930 g/mol. The Bertz CT molecular complexity index is 2540. The van der Waals surface area contributed by atoms with Gasteiger partial charge in [0, 0.05) is 92.0 Å². The van der Waals surface area contributed by atoms with Gasteiger partial charge in [0.1, 0.15) is 17.2 Å². The highest BCUT2D eigenvalue weighted by Gasteiger charge is 2.70. The van der Waals surface area contributed by atoms with Gasteiger partial charge in [0.05, 0.1) is 50.1 Å². The molecule has 0 amide bonds. The average Bonchev–Trinajstić information content (AvgIpc) is 3.99. The van der Waals surface area contributed by atoms with Crippen LogP contribution in [0.2, 0.25) is 0 Å². The number of benzene rings is 3. The Balaban J connectivity index is 0.000000109. The first-order valence-corrected chi connectivity index (χ1v) is 25.3. The van der Waals surface area contributed by atoms with Crippen LogP contribution in [0.3, 0.4) is 0 Å². The predicted octanol–water partition coefficient (Wildman–Crippen LogP) is 6.97. The lowest BCUT2D eigenvalue weighted by Crippen LogP contribution is -2.70. The molecule has 14 atom stereocenters. The summed E-state index contributed by atoms with van der Waals surface area (Å²) in [5, 5.41) is 33.0. The van der Waals surface area contributed by atoms with Crippen molar-refractivity contribution in [3.8, 4) is 17.2 Å². The van der Waals surface area contributed by atoms with Crippen molar-refractivity contribution in [2.24, 2.45) is 17.8 Å². The Labute approximate surface area is 401 Å². The molecular formula is C56H71N3O9. The van der Waals surface area contributed by atoms with Gasteiger partial charge in [-0.15, -0.1) is 0 Å². The van der Waals surface area contributed by atoms with Gasteiger partial charge in [-0.25, -0.2) is 0 Å². The molecule has 0 aromatic heterocycles. The summed E-state index contributed by atoms with van der Waals surface area (Å²) in [6, 6.07) is 13.7. The molecule has 3 saturated carbocycles. The molecule has 6 aliphatic carbocycles. The van der Waals surface area contributed by atoms with Gasteiger partial charge in [-0.05, 0) is 106 Å². The van der Waals surface area contributed by atoms with Gasteiger partial charge in [0.2, 0.25) is 0 Å². The monoisotopic (exact) mass is 930 g/mol. The maximum Gasteiger partial charge on any atom is 0.174 e. The molecule has 12 nitrogen and oxygen atoms in total. The third-order valence-corrected chi connectivity index (χ3v) is 20.3. The van der Waals surface area contributed by atoms with Crippen molar-refractivity contribution in [1.82, 2.24) is 4.90 Å². The molecule has 68 heavy (non-hydrogen) atoms. The maximum atomic E-state index is 13.0. The second-order valence-corrected chi connectivity index (χ2v) is 23.0. The molecule has 3 unspecified atom stereocenters. The fraction of sp³-hybridized carbons (Fsp3) is 0.625. The number of nitrogens with zero attached hydrogens (tertiary/aromatic N) is 3. The first-order chi connectivity index (χ1) is 32.0. The molecule has 364 valence electrons. The number of Topliss-reactive ketones (excluding diaryl/α,β-unsaturated/α-hetero) is 3. The van der Waals surface area contributed by atoms with Crippen LogP contribution in [0.15, 0.2) is 36.4 Å². The first-order valence-electron chi connectivity index (χ1n) is 25.3. The number of quaternary nitrogens is 2. The number of rotatable bonds is 0. The number of ketones is 3. The van der Waals surface area contributed by atoms with E-state index in [4.69, 9.17) is 19.3 Å². The Kier molecular flexibility index (Phi) is 10.5. The van der Waals surface area contributed by atoms with Crippen molar-refractivity contribution >= 4 is 17.3 Å². The number of hydrogen-bond acceptors (Lipinski definition) is 10. The smallest absolute Gasteiger partial charge is 0.174 e. The lowest BCUT2D eigenvalue weighted by Gasteiger charge is -2.62. The zero-order chi connectivity index (χ0) is 46.9. The van der Waals surface area contributed by atoms with E-state index < -0.39 is 0 Å². The van der Waals surface area contributed by atoms with Crippen LogP contribution in [-0.4, -0.2) is 121 Å². The second kappa shape index (κ2) is 15.4. The van der Waals surface area contributed by atoms with Crippen LogP contribution >= 0.6 is 0 Å². The molecule has 6 bridgehead atoms.